The molecule has 1 aromatic carbocycles. The van der Waals surface area contributed by atoms with Crippen LogP contribution in [-0.2, 0) is 17.6 Å². The highest BCUT2D eigenvalue weighted by Crippen LogP contribution is 2.35. The SMILES string of the molecule is O=C(NC1(CO)CC1)C1CCc2ccccc2C1. The van der Waals surface area contributed by atoms with Crippen molar-refractivity contribution in [3.05, 3.63) is 35.4 Å². The van der Waals surface area contributed by atoms with Crippen LogP contribution in [0.15, 0.2) is 24.3 Å². The average Bonchev–Trinajstić information content (AvgIpc) is 3.18. The number of carbonyl (C=O) groups excluding carboxylic acids is 1. The quantitative estimate of drug-likeness (QED) is 0.846. The highest BCUT2D eigenvalue weighted by molar-refractivity contribution is 5.80. The lowest BCUT2D eigenvalue weighted by Crippen LogP contribution is -2.44. The van der Waals surface area contributed by atoms with Gasteiger partial charge in [0.25, 0.3) is 0 Å². The van der Waals surface area contributed by atoms with Gasteiger partial charge in [0, 0.05) is 5.92 Å². The average molecular weight is 245 g/mol. The van der Waals surface area contributed by atoms with Crippen molar-refractivity contribution in [3.63, 3.8) is 0 Å². The van der Waals surface area contributed by atoms with Crippen LogP contribution in [-0.4, -0.2) is 23.2 Å². The van der Waals surface area contributed by atoms with Gasteiger partial charge in [0.05, 0.1) is 12.1 Å². The van der Waals surface area contributed by atoms with Crippen molar-refractivity contribution < 1.29 is 9.90 Å². The number of aliphatic hydroxyl groups is 1. The Bertz CT molecular complexity index is 465. The molecule has 1 saturated carbocycles. The highest BCUT2D eigenvalue weighted by Gasteiger charge is 2.44. The molecule has 2 aliphatic rings. The first-order chi connectivity index (χ1) is 8.72. The minimum atomic E-state index is -0.284. The molecule has 0 bridgehead atoms. The van der Waals surface area contributed by atoms with Crippen molar-refractivity contribution in [1.29, 1.82) is 0 Å². The Morgan fingerprint density at radius 2 is 2.06 bits per heavy atom. The molecule has 96 valence electrons. The highest BCUT2D eigenvalue weighted by atomic mass is 16.3. The molecule has 0 radical (unpaired) electrons. The Balaban J connectivity index is 1.67. The van der Waals surface area contributed by atoms with E-state index in [2.05, 4.69) is 23.5 Å². The number of aliphatic hydroxyl groups excluding tert-OH is 1. The fourth-order valence-corrected chi connectivity index (χ4v) is 2.76. The van der Waals surface area contributed by atoms with Gasteiger partial charge in [0.1, 0.15) is 0 Å². The van der Waals surface area contributed by atoms with Crippen LogP contribution < -0.4 is 5.32 Å². The molecule has 2 N–H and O–H groups in total. The summed E-state index contributed by atoms with van der Waals surface area (Å²) in [4.78, 5) is 12.2. The Labute approximate surface area is 107 Å². The number of benzene rings is 1. The Morgan fingerprint density at radius 1 is 1.33 bits per heavy atom. The summed E-state index contributed by atoms with van der Waals surface area (Å²) >= 11 is 0. The number of amides is 1. The molecule has 0 saturated heterocycles. The zero-order valence-corrected chi connectivity index (χ0v) is 10.5. The Morgan fingerprint density at radius 3 is 2.72 bits per heavy atom. The van der Waals surface area contributed by atoms with E-state index in [-0.39, 0.29) is 24.0 Å². The fraction of sp³-hybridized carbons (Fsp3) is 0.533. The van der Waals surface area contributed by atoms with E-state index in [9.17, 15) is 9.90 Å². The van der Waals surface area contributed by atoms with Crippen LogP contribution in [0.5, 0.6) is 0 Å². The van der Waals surface area contributed by atoms with Crippen LogP contribution in [0.1, 0.15) is 30.4 Å². The lowest BCUT2D eigenvalue weighted by atomic mass is 9.83. The third kappa shape index (κ3) is 2.15. The first-order valence-corrected chi connectivity index (χ1v) is 6.72. The van der Waals surface area contributed by atoms with E-state index in [1.54, 1.807) is 0 Å². The standard InChI is InChI=1S/C15H19NO2/c17-10-15(7-8-15)16-14(18)13-6-5-11-3-1-2-4-12(11)9-13/h1-4,13,17H,5-10H2,(H,16,18). The predicted molar refractivity (Wildman–Crippen MR) is 69.2 cm³/mol. The van der Waals surface area contributed by atoms with Crippen molar-refractivity contribution in [2.75, 3.05) is 6.61 Å². The van der Waals surface area contributed by atoms with Crippen molar-refractivity contribution in [1.82, 2.24) is 5.32 Å². The molecule has 18 heavy (non-hydrogen) atoms. The summed E-state index contributed by atoms with van der Waals surface area (Å²) in [5, 5.41) is 12.3. The number of hydrogen-bond donors (Lipinski definition) is 2. The fourth-order valence-electron chi connectivity index (χ4n) is 2.76. The summed E-state index contributed by atoms with van der Waals surface area (Å²) < 4.78 is 0. The summed E-state index contributed by atoms with van der Waals surface area (Å²) in [6.45, 7) is 0.0715. The Kier molecular flexibility index (Phi) is 2.86. The van der Waals surface area contributed by atoms with E-state index < -0.39 is 0 Å². The van der Waals surface area contributed by atoms with Crippen molar-refractivity contribution in [3.8, 4) is 0 Å². The summed E-state index contributed by atoms with van der Waals surface area (Å²) in [5.41, 5.74) is 2.40. The number of nitrogens with one attached hydrogen (secondary N) is 1. The summed E-state index contributed by atoms with van der Waals surface area (Å²) in [6, 6.07) is 8.37. The molecule has 2 aliphatic carbocycles. The largest absolute Gasteiger partial charge is 0.394 e. The van der Waals surface area contributed by atoms with Crippen LogP contribution >= 0.6 is 0 Å². The van der Waals surface area contributed by atoms with Gasteiger partial charge in [0.2, 0.25) is 5.91 Å². The van der Waals surface area contributed by atoms with Crippen LogP contribution in [0.25, 0.3) is 0 Å². The zero-order valence-electron chi connectivity index (χ0n) is 10.5. The summed E-state index contributed by atoms with van der Waals surface area (Å²) in [5.74, 6) is 0.194. The first kappa shape index (κ1) is 11.7. The van der Waals surface area contributed by atoms with E-state index in [0.717, 1.165) is 32.1 Å². The van der Waals surface area contributed by atoms with Crippen molar-refractivity contribution >= 4 is 5.91 Å². The van der Waals surface area contributed by atoms with Gasteiger partial charge < -0.3 is 10.4 Å². The normalized spacial score (nSPS) is 24.2. The second-order valence-corrected chi connectivity index (χ2v) is 5.64. The number of carbonyl (C=O) groups is 1. The second-order valence-electron chi connectivity index (χ2n) is 5.64. The van der Waals surface area contributed by atoms with E-state index in [0.29, 0.717) is 0 Å². The van der Waals surface area contributed by atoms with Crippen molar-refractivity contribution in [2.24, 2.45) is 5.92 Å². The first-order valence-electron chi connectivity index (χ1n) is 6.72. The molecule has 1 amide bonds. The molecule has 0 aromatic heterocycles. The zero-order chi connectivity index (χ0) is 12.6. The molecule has 1 unspecified atom stereocenters. The topological polar surface area (TPSA) is 49.3 Å². The van der Waals surface area contributed by atoms with Gasteiger partial charge in [-0.15, -0.1) is 0 Å². The minimum absolute atomic E-state index is 0.0715. The third-order valence-corrected chi connectivity index (χ3v) is 4.26. The number of fused-ring (bicyclic) bond motifs is 1. The Hall–Kier alpha value is -1.35. The van der Waals surface area contributed by atoms with Crippen LogP contribution in [0.3, 0.4) is 0 Å². The molecule has 0 spiro atoms. The molecule has 1 fully saturated rings. The van der Waals surface area contributed by atoms with Gasteiger partial charge in [0.15, 0.2) is 0 Å². The molecule has 0 aliphatic heterocycles. The third-order valence-electron chi connectivity index (χ3n) is 4.26. The van der Waals surface area contributed by atoms with Crippen LogP contribution in [0, 0.1) is 5.92 Å². The summed E-state index contributed by atoms with van der Waals surface area (Å²) in [7, 11) is 0. The van der Waals surface area contributed by atoms with Gasteiger partial charge in [-0.3, -0.25) is 4.79 Å². The van der Waals surface area contributed by atoms with E-state index >= 15 is 0 Å². The van der Waals surface area contributed by atoms with Crippen molar-refractivity contribution in [2.45, 2.75) is 37.6 Å². The van der Waals surface area contributed by atoms with Gasteiger partial charge in [-0.2, -0.15) is 0 Å². The molecule has 3 nitrogen and oxygen atoms in total. The molecule has 1 aromatic rings. The van der Waals surface area contributed by atoms with E-state index in [1.165, 1.54) is 11.1 Å². The number of rotatable bonds is 3. The number of aryl methyl sites for hydroxylation is 1. The molecule has 3 heteroatoms. The van der Waals surface area contributed by atoms with E-state index in [4.69, 9.17) is 0 Å². The molecule has 3 rings (SSSR count). The van der Waals surface area contributed by atoms with Gasteiger partial charge >= 0.3 is 0 Å². The molecular formula is C15H19NO2. The van der Waals surface area contributed by atoms with Crippen LogP contribution in [0.2, 0.25) is 0 Å². The number of hydrogen-bond acceptors (Lipinski definition) is 2. The molecule has 0 heterocycles. The maximum Gasteiger partial charge on any atom is 0.223 e. The molecule has 1 atom stereocenters. The van der Waals surface area contributed by atoms with Gasteiger partial charge in [-0.25, -0.2) is 0 Å². The summed E-state index contributed by atoms with van der Waals surface area (Å²) in [6.07, 6.45) is 4.57. The molecular weight excluding hydrogens is 226 g/mol. The minimum Gasteiger partial charge on any atom is -0.394 e. The lowest BCUT2D eigenvalue weighted by molar-refractivity contribution is -0.126. The van der Waals surface area contributed by atoms with E-state index in [1.807, 2.05) is 6.07 Å². The maximum atomic E-state index is 12.2. The van der Waals surface area contributed by atoms with Gasteiger partial charge in [-0.05, 0) is 43.2 Å². The van der Waals surface area contributed by atoms with Gasteiger partial charge in [-0.1, -0.05) is 24.3 Å². The monoisotopic (exact) mass is 245 g/mol. The smallest absolute Gasteiger partial charge is 0.223 e. The van der Waals surface area contributed by atoms with Crippen LogP contribution in [0.4, 0.5) is 0 Å². The second kappa shape index (κ2) is 4.39. The maximum absolute atomic E-state index is 12.2. The lowest BCUT2D eigenvalue weighted by Gasteiger charge is -2.25. The predicted octanol–water partition coefficient (Wildman–Crippen LogP) is 1.43.